The lowest BCUT2D eigenvalue weighted by atomic mass is 10.0. The van der Waals surface area contributed by atoms with E-state index in [4.69, 9.17) is 15.2 Å². The fourth-order valence-corrected chi connectivity index (χ4v) is 2.07. The molecule has 2 heterocycles. The monoisotopic (exact) mass is 300 g/mol. The molecule has 1 aliphatic heterocycles. The molecule has 0 amide bonds. The number of halogens is 3. The number of nitrogens with two attached hydrogens (primary N) is 1. The Labute approximate surface area is 117 Å². The summed E-state index contributed by atoms with van der Waals surface area (Å²) >= 11 is 0. The molecule has 0 saturated carbocycles. The first-order chi connectivity index (χ1) is 9.95. The second-order valence-electron chi connectivity index (χ2n) is 4.51. The molecular formula is C13H11F3N2O3. The standard InChI is InChI=1S/C13H11F3N2O3/c14-13(15,16)8-5-11-10(19-2-1-3-20-11)4-7(8)9-6-12(17)21-18-9/h4-6H,1-3,17H2. The molecule has 0 atom stereocenters. The SMILES string of the molecule is Nc1cc(-c2cc3c(cc2C(F)(F)F)OCCCO3)no1. The summed E-state index contributed by atoms with van der Waals surface area (Å²) < 4.78 is 55.0. The van der Waals surface area contributed by atoms with Crippen molar-refractivity contribution in [2.75, 3.05) is 18.9 Å². The third kappa shape index (κ3) is 2.61. The topological polar surface area (TPSA) is 70.5 Å². The van der Waals surface area contributed by atoms with Crippen LogP contribution in [0, 0.1) is 0 Å². The third-order valence-corrected chi connectivity index (χ3v) is 3.00. The molecule has 2 N–H and O–H groups in total. The predicted molar refractivity (Wildman–Crippen MR) is 67.0 cm³/mol. The first-order valence-corrected chi connectivity index (χ1v) is 6.18. The Morgan fingerprint density at radius 2 is 1.71 bits per heavy atom. The molecule has 0 unspecified atom stereocenters. The van der Waals surface area contributed by atoms with Gasteiger partial charge in [-0.1, -0.05) is 5.16 Å². The highest BCUT2D eigenvalue weighted by atomic mass is 19.4. The molecule has 0 bridgehead atoms. The van der Waals surface area contributed by atoms with E-state index < -0.39 is 11.7 Å². The maximum atomic E-state index is 13.2. The second kappa shape index (κ2) is 4.87. The first-order valence-electron chi connectivity index (χ1n) is 6.18. The van der Waals surface area contributed by atoms with Gasteiger partial charge in [0.15, 0.2) is 11.5 Å². The van der Waals surface area contributed by atoms with Crippen molar-refractivity contribution in [3.8, 4) is 22.8 Å². The van der Waals surface area contributed by atoms with Crippen LogP contribution in [0.1, 0.15) is 12.0 Å². The van der Waals surface area contributed by atoms with Gasteiger partial charge >= 0.3 is 6.18 Å². The number of rotatable bonds is 1. The van der Waals surface area contributed by atoms with Crippen LogP contribution in [0.5, 0.6) is 11.5 Å². The van der Waals surface area contributed by atoms with Crippen molar-refractivity contribution in [3.05, 3.63) is 23.8 Å². The van der Waals surface area contributed by atoms with Gasteiger partial charge in [0.25, 0.3) is 0 Å². The molecule has 1 aromatic carbocycles. The Morgan fingerprint density at radius 3 is 2.29 bits per heavy atom. The minimum Gasteiger partial charge on any atom is -0.490 e. The predicted octanol–water partition coefficient (Wildman–Crippen LogP) is 3.10. The Hall–Kier alpha value is -2.38. The minimum absolute atomic E-state index is 0.00419. The summed E-state index contributed by atoms with van der Waals surface area (Å²) in [5, 5.41) is 3.54. The second-order valence-corrected chi connectivity index (χ2v) is 4.51. The van der Waals surface area contributed by atoms with Crippen molar-refractivity contribution in [2.24, 2.45) is 0 Å². The highest BCUT2D eigenvalue weighted by Crippen LogP contribution is 2.43. The van der Waals surface area contributed by atoms with Crippen LogP contribution in [-0.2, 0) is 6.18 Å². The van der Waals surface area contributed by atoms with Crippen LogP contribution in [0.3, 0.4) is 0 Å². The molecule has 1 aliphatic rings. The quantitative estimate of drug-likeness (QED) is 0.876. The van der Waals surface area contributed by atoms with E-state index in [9.17, 15) is 13.2 Å². The van der Waals surface area contributed by atoms with Crippen molar-refractivity contribution in [1.82, 2.24) is 5.16 Å². The normalized spacial score (nSPS) is 14.8. The fraction of sp³-hybridized carbons (Fsp3) is 0.308. The maximum Gasteiger partial charge on any atom is 0.417 e. The number of alkyl halides is 3. The summed E-state index contributed by atoms with van der Waals surface area (Å²) in [4.78, 5) is 0. The third-order valence-electron chi connectivity index (χ3n) is 3.00. The summed E-state index contributed by atoms with van der Waals surface area (Å²) in [6, 6.07) is 3.40. The Kier molecular flexibility index (Phi) is 3.15. The van der Waals surface area contributed by atoms with Crippen molar-refractivity contribution in [3.63, 3.8) is 0 Å². The van der Waals surface area contributed by atoms with Crippen LogP contribution in [-0.4, -0.2) is 18.4 Å². The molecule has 0 spiro atoms. The van der Waals surface area contributed by atoms with E-state index in [0.717, 1.165) is 6.07 Å². The molecular weight excluding hydrogens is 289 g/mol. The number of hydrogen-bond donors (Lipinski definition) is 1. The van der Waals surface area contributed by atoms with E-state index in [1.54, 1.807) is 0 Å². The number of nitrogen functional groups attached to an aromatic ring is 1. The van der Waals surface area contributed by atoms with Gasteiger partial charge in [-0.25, -0.2) is 0 Å². The molecule has 2 aromatic rings. The molecule has 1 aromatic heterocycles. The molecule has 5 nitrogen and oxygen atoms in total. The van der Waals surface area contributed by atoms with Gasteiger partial charge in [-0.05, 0) is 12.1 Å². The zero-order chi connectivity index (χ0) is 15.0. The van der Waals surface area contributed by atoms with Crippen LogP contribution in [0.25, 0.3) is 11.3 Å². The van der Waals surface area contributed by atoms with Gasteiger partial charge in [-0.15, -0.1) is 0 Å². The molecule has 3 rings (SSSR count). The summed E-state index contributed by atoms with van der Waals surface area (Å²) in [5.41, 5.74) is 4.33. The van der Waals surface area contributed by atoms with E-state index in [2.05, 4.69) is 9.68 Å². The van der Waals surface area contributed by atoms with Crippen molar-refractivity contribution >= 4 is 5.88 Å². The van der Waals surface area contributed by atoms with E-state index in [-0.39, 0.29) is 28.6 Å². The number of aromatic nitrogens is 1. The van der Waals surface area contributed by atoms with Gasteiger partial charge < -0.3 is 19.7 Å². The summed E-state index contributed by atoms with van der Waals surface area (Å²) in [7, 11) is 0. The van der Waals surface area contributed by atoms with Gasteiger partial charge in [0, 0.05) is 18.1 Å². The first kappa shape index (κ1) is 13.6. The van der Waals surface area contributed by atoms with Gasteiger partial charge in [0.2, 0.25) is 5.88 Å². The number of nitrogens with zero attached hydrogens (tertiary/aromatic N) is 1. The zero-order valence-corrected chi connectivity index (χ0v) is 10.7. The van der Waals surface area contributed by atoms with Crippen LogP contribution in [0.4, 0.5) is 19.1 Å². The van der Waals surface area contributed by atoms with Gasteiger partial charge in [-0.2, -0.15) is 13.2 Å². The number of benzene rings is 1. The van der Waals surface area contributed by atoms with E-state index in [0.29, 0.717) is 19.6 Å². The van der Waals surface area contributed by atoms with Crippen LogP contribution >= 0.6 is 0 Å². The Bertz CT molecular complexity index is 667. The molecule has 0 saturated heterocycles. The molecule has 21 heavy (non-hydrogen) atoms. The van der Waals surface area contributed by atoms with E-state index >= 15 is 0 Å². The van der Waals surface area contributed by atoms with Crippen LogP contribution in [0.2, 0.25) is 0 Å². The number of anilines is 1. The van der Waals surface area contributed by atoms with Crippen molar-refractivity contribution in [2.45, 2.75) is 12.6 Å². The lowest BCUT2D eigenvalue weighted by Crippen LogP contribution is -2.08. The van der Waals surface area contributed by atoms with Crippen LogP contribution in [0.15, 0.2) is 22.7 Å². The highest BCUT2D eigenvalue weighted by molar-refractivity contribution is 5.70. The maximum absolute atomic E-state index is 13.2. The number of fused-ring (bicyclic) bond motifs is 1. The average Bonchev–Trinajstić information content (AvgIpc) is 2.71. The summed E-state index contributed by atoms with van der Waals surface area (Å²) in [6.07, 6.45) is -3.96. The molecule has 0 aliphatic carbocycles. The largest absolute Gasteiger partial charge is 0.490 e. The van der Waals surface area contributed by atoms with E-state index in [1.807, 2.05) is 0 Å². The van der Waals surface area contributed by atoms with E-state index in [1.165, 1.54) is 12.1 Å². The molecule has 112 valence electrons. The summed E-state index contributed by atoms with van der Waals surface area (Å²) in [6.45, 7) is 0.680. The molecule has 8 heteroatoms. The Balaban J connectivity index is 2.18. The number of hydrogen-bond acceptors (Lipinski definition) is 5. The van der Waals surface area contributed by atoms with Crippen LogP contribution < -0.4 is 15.2 Å². The van der Waals surface area contributed by atoms with Gasteiger partial charge in [-0.3, -0.25) is 0 Å². The van der Waals surface area contributed by atoms with Crippen molar-refractivity contribution in [1.29, 1.82) is 0 Å². The molecule has 0 radical (unpaired) electrons. The highest BCUT2D eigenvalue weighted by Gasteiger charge is 2.36. The average molecular weight is 300 g/mol. The minimum atomic E-state index is -4.56. The number of ether oxygens (including phenoxy) is 2. The molecule has 0 fully saturated rings. The van der Waals surface area contributed by atoms with Gasteiger partial charge in [0.05, 0.1) is 18.8 Å². The Morgan fingerprint density at radius 1 is 1.05 bits per heavy atom. The lowest BCUT2D eigenvalue weighted by molar-refractivity contribution is -0.137. The zero-order valence-electron chi connectivity index (χ0n) is 10.7. The van der Waals surface area contributed by atoms with Gasteiger partial charge in [0.1, 0.15) is 5.69 Å². The summed E-state index contributed by atoms with van der Waals surface area (Å²) in [5.74, 6) is 0.252. The fourth-order valence-electron chi connectivity index (χ4n) is 2.07. The lowest BCUT2D eigenvalue weighted by Gasteiger charge is -2.15. The van der Waals surface area contributed by atoms with Crippen molar-refractivity contribution < 1.29 is 27.2 Å². The smallest absolute Gasteiger partial charge is 0.417 e.